The number of carbonyl (C=O) groups excluding carboxylic acids is 1. The lowest BCUT2D eigenvalue weighted by atomic mass is 9.47. The van der Waals surface area contributed by atoms with Gasteiger partial charge in [-0.2, -0.15) is 0 Å². The van der Waals surface area contributed by atoms with E-state index in [1.807, 2.05) is 24.3 Å². The average molecular weight is 699 g/mol. The summed E-state index contributed by atoms with van der Waals surface area (Å²) in [7, 11) is 0. The van der Waals surface area contributed by atoms with Gasteiger partial charge in [-0.1, -0.05) is 179 Å². The van der Waals surface area contributed by atoms with Gasteiger partial charge in [0.15, 0.2) is 0 Å². The zero-order valence-corrected chi connectivity index (χ0v) is 34.1. The fourth-order valence-corrected chi connectivity index (χ4v) is 11.2. The molecule has 0 aromatic heterocycles. The molecule has 4 aliphatic carbocycles. The van der Waals surface area contributed by atoms with Crippen molar-refractivity contribution < 1.29 is 9.53 Å². The second-order valence-corrected chi connectivity index (χ2v) is 18.2. The number of ether oxygens (including phenoxy) is 1. The zero-order chi connectivity index (χ0) is 36.5. The smallest absolute Gasteiger partial charge is 0.331 e. The van der Waals surface area contributed by atoms with Crippen LogP contribution in [0.2, 0.25) is 0 Å². The van der Waals surface area contributed by atoms with E-state index in [1.165, 1.54) is 116 Å². The van der Waals surface area contributed by atoms with Crippen LogP contribution < -0.4 is 0 Å². The largest absolute Gasteiger partial charge is 0.459 e. The first kappa shape index (κ1) is 41.7. The molecule has 0 N–H and O–H groups in total. The number of carbonyl (C=O) groups is 1. The molecule has 51 heavy (non-hydrogen) atoms. The predicted octanol–water partition coefficient (Wildman–Crippen LogP) is 14.6. The van der Waals surface area contributed by atoms with E-state index >= 15 is 0 Å². The summed E-state index contributed by atoms with van der Waals surface area (Å²) in [4.78, 5) is 12.7. The highest BCUT2D eigenvalue weighted by atomic mass is 16.5. The van der Waals surface area contributed by atoms with Crippen LogP contribution in [0, 0.1) is 46.3 Å². The van der Waals surface area contributed by atoms with Crippen LogP contribution in [0.1, 0.15) is 176 Å². The van der Waals surface area contributed by atoms with Crippen LogP contribution in [0.4, 0.5) is 0 Å². The summed E-state index contributed by atoms with van der Waals surface area (Å²) in [5.74, 6) is 4.92. The average Bonchev–Trinajstić information content (AvgIpc) is 3.46. The zero-order valence-electron chi connectivity index (χ0n) is 34.1. The normalized spacial score (nSPS) is 31.6. The fraction of sp³-hybridized carbons (Fsp3) is 0.735. The van der Waals surface area contributed by atoms with Gasteiger partial charge >= 0.3 is 5.97 Å². The van der Waals surface area contributed by atoms with E-state index in [1.54, 1.807) is 17.7 Å². The van der Waals surface area contributed by atoms with Gasteiger partial charge in [0.25, 0.3) is 0 Å². The van der Waals surface area contributed by atoms with E-state index in [0.29, 0.717) is 5.41 Å². The fourth-order valence-electron chi connectivity index (χ4n) is 11.2. The second-order valence-electron chi connectivity index (χ2n) is 18.2. The van der Waals surface area contributed by atoms with Crippen molar-refractivity contribution >= 4 is 5.97 Å². The molecular weight excluding hydrogens is 621 g/mol. The molecule has 4 aliphatic rings. The van der Waals surface area contributed by atoms with E-state index in [2.05, 4.69) is 71.9 Å². The standard InChI is InChI=1S/C49H78O2/c1-7-8-9-10-11-12-13-14-15-16-17-18-19-20-21-22-23-24-25-29-47(50)51-42-34-36-48(5)41(38-42)30-31-43-45-33-32-44(40(4)28-26-27-39(2)3)49(45,6)37-35-46(43)48/h17-25,29-30,39-40,42-46H,7-16,26-28,31-38H2,1-6H3/t40-,42?,43?,44-,45?,46?,48+,49-/m1/s1. The van der Waals surface area contributed by atoms with E-state index in [0.717, 1.165) is 54.8 Å². The molecule has 0 heterocycles. The molecule has 286 valence electrons. The van der Waals surface area contributed by atoms with Gasteiger partial charge < -0.3 is 4.74 Å². The first-order chi connectivity index (χ1) is 24.7. The third-order valence-electron chi connectivity index (χ3n) is 14.2. The molecule has 0 amide bonds. The van der Waals surface area contributed by atoms with Crippen LogP contribution in [0.25, 0.3) is 0 Å². The highest BCUT2D eigenvalue weighted by Gasteiger charge is 2.59. The molecule has 2 heteroatoms. The first-order valence-corrected chi connectivity index (χ1v) is 21.9. The number of esters is 1. The van der Waals surface area contributed by atoms with Gasteiger partial charge in [0.1, 0.15) is 6.10 Å². The molecular formula is C49H78O2. The minimum absolute atomic E-state index is 0.0109. The summed E-state index contributed by atoms with van der Waals surface area (Å²) in [6.07, 6.45) is 50.3. The summed E-state index contributed by atoms with van der Waals surface area (Å²) in [6.45, 7) is 14.9. The van der Waals surface area contributed by atoms with E-state index < -0.39 is 0 Å². The number of fused-ring (bicyclic) bond motifs is 5. The van der Waals surface area contributed by atoms with Crippen LogP contribution in [0.5, 0.6) is 0 Å². The monoisotopic (exact) mass is 699 g/mol. The van der Waals surface area contributed by atoms with Crippen LogP contribution in [0.15, 0.2) is 72.4 Å². The molecule has 4 rings (SSSR count). The highest BCUT2D eigenvalue weighted by Crippen LogP contribution is 2.67. The van der Waals surface area contributed by atoms with Crippen molar-refractivity contribution in [2.75, 3.05) is 0 Å². The molecule has 0 aromatic carbocycles. The molecule has 0 aliphatic heterocycles. The van der Waals surface area contributed by atoms with Crippen molar-refractivity contribution in [1.29, 1.82) is 0 Å². The van der Waals surface area contributed by atoms with E-state index in [4.69, 9.17) is 4.74 Å². The number of unbranched alkanes of at least 4 members (excludes halogenated alkanes) is 9. The van der Waals surface area contributed by atoms with Crippen molar-refractivity contribution in [1.82, 2.24) is 0 Å². The topological polar surface area (TPSA) is 26.3 Å². The Hall–Kier alpha value is -2.09. The number of allylic oxidation sites excluding steroid dienone is 10. The third-order valence-corrected chi connectivity index (χ3v) is 14.2. The Kier molecular flexibility index (Phi) is 17.6. The van der Waals surface area contributed by atoms with E-state index in [-0.39, 0.29) is 17.5 Å². The molecule has 0 aromatic rings. The Morgan fingerprint density at radius 2 is 1.43 bits per heavy atom. The number of rotatable bonds is 21. The molecule has 3 fully saturated rings. The lowest BCUT2D eigenvalue weighted by Gasteiger charge is -2.58. The number of hydrogen-bond acceptors (Lipinski definition) is 2. The summed E-state index contributed by atoms with van der Waals surface area (Å²) in [6, 6.07) is 0. The SMILES string of the molecule is CCCCCCCCCCCC=CC=CC=CC=CC=CC(=O)OC1CC[C@@]2(C)C(=CCC3C2CC[C@@]2(C)C3CC[C@@H]2[C@H](C)CCCC(C)C)C1. The maximum Gasteiger partial charge on any atom is 0.331 e. The van der Waals surface area contributed by atoms with Gasteiger partial charge in [0, 0.05) is 12.5 Å². The molecule has 2 nitrogen and oxygen atoms in total. The molecule has 0 spiro atoms. The van der Waals surface area contributed by atoms with Gasteiger partial charge in [-0.05, 0) is 104 Å². The Morgan fingerprint density at radius 3 is 2.14 bits per heavy atom. The summed E-state index contributed by atoms with van der Waals surface area (Å²) in [5.41, 5.74) is 2.41. The summed E-state index contributed by atoms with van der Waals surface area (Å²) in [5, 5.41) is 0. The van der Waals surface area contributed by atoms with Gasteiger partial charge in [0.2, 0.25) is 0 Å². The third kappa shape index (κ3) is 12.2. The maximum absolute atomic E-state index is 12.7. The Labute approximate surface area is 315 Å². The van der Waals surface area contributed by atoms with Gasteiger partial charge in [-0.3, -0.25) is 0 Å². The Bertz CT molecular complexity index is 1210. The second kappa shape index (κ2) is 21.6. The quantitative estimate of drug-likeness (QED) is 0.0392. The summed E-state index contributed by atoms with van der Waals surface area (Å²) < 4.78 is 5.99. The highest BCUT2D eigenvalue weighted by molar-refractivity contribution is 5.82. The summed E-state index contributed by atoms with van der Waals surface area (Å²) >= 11 is 0. The minimum atomic E-state index is -0.212. The molecule has 8 atom stereocenters. The Balaban J connectivity index is 1.13. The predicted molar refractivity (Wildman–Crippen MR) is 220 cm³/mol. The molecule has 0 radical (unpaired) electrons. The molecule has 4 unspecified atom stereocenters. The molecule has 0 bridgehead atoms. The van der Waals surface area contributed by atoms with Crippen molar-refractivity contribution in [3.8, 4) is 0 Å². The molecule has 0 saturated heterocycles. The van der Waals surface area contributed by atoms with Crippen molar-refractivity contribution in [2.45, 2.75) is 182 Å². The van der Waals surface area contributed by atoms with Gasteiger partial charge in [0.05, 0.1) is 0 Å². The lowest BCUT2D eigenvalue weighted by molar-refractivity contribution is -0.145. The Morgan fingerprint density at radius 1 is 0.765 bits per heavy atom. The lowest BCUT2D eigenvalue weighted by Crippen LogP contribution is -2.51. The number of hydrogen-bond donors (Lipinski definition) is 0. The van der Waals surface area contributed by atoms with Crippen LogP contribution >= 0.6 is 0 Å². The van der Waals surface area contributed by atoms with Crippen molar-refractivity contribution in [3.63, 3.8) is 0 Å². The van der Waals surface area contributed by atoms with Crippen LogP contribution in [-0.4, -0.2) is 12.1 Å². The minimum Gasteiger partial charge on any atom is -0.459 e. The molecule has 3 saturated carbocycles. The van der Waals surface area contributed by atoms with Crippen molar-refractivity contribution in [3.05, 3.63) is 72.4 Å². The van der Waals surface area contributed by atoms with Crippen molar-refractivity contribution in [2.24, 2.45) is 46.3 Å². The van der Waals surface area contributed by atoms with Gasteiger partial charge in [-0.25, -0.2) is 4.79 Å². The van der Waals surface area contributed by atoms with Gasteiger partial charge in [-0.15, -0.1) is 0 Å². The van der Waals surface area contributed by atoms with E-state index in [9.17, 15) is 4.79 Å². The van der Waals surface area contributed by atoms with Crippen LogP contribution in [-0.2, 0) is 9.53 Å². The maximum atomic E-state index is 12.7. The van der Waals surface area contributed by atoms with Crippen LogP contribution in [0.3, 0.4) is 0 Å². The first-order valence-electron chi connectivity index (χ1n) is 21.9.